The molecule has 0 N–H and O–H groups in total. The van der Waals surface area contributed by atoms with E-state index in [0.717, 1.165) is 0 Å². The fraction of sp³-hybridized carbons (Fsp3) is 0.111. The zero-order valence-electron chi connectivity index (χ0n) is 12.5. The Morgan fingerprint density at radius 2 is 1.32 bits per heavy atom. The van der Waals surface area contributed by atoms with Gasteiger partial charge in [-0.1, -0.05) is 72.8 Å². The van der Waals surface area contributed by atoms with Crippen LogP contribution in [-0.2, 0) is 4.74 Å². The van der Waals surface area contributed by atoms with Gasteiger partial charge in [0.05, 0.1) is 12.8 Å². The summed E-state index contributed by atoms with van der Waals surface area (Å²) < 4.78 is 9.25. The maximum absolute atomic E-state index is 10.7. The lowest BCUT2D eigenvalue weighted by Gasteiger charge is -1.93. The minimum atomic E-state index is -0.521. The number of ether oxygens (including phenoxy) is 1. The van der Waals surface area contributed by atoms with Crippen molar-refractivity contribution in [2.75, 3.05) is 6.61 Å². The van der Waals surface area contributed by atoms with Crippen molar-refractivity contribution in [1.29, 1.82) is 0 Å². The Bertz CT molecular complexity index is 495. The fourth-order valence-electron chi connectivity index (χ4n) is 1.29. The molecule has 3 rings (SSSR count). The minimum Gasteiger partial charge on any atom is -0.459 e. The second-order valence-electron chi connectivity index (χ2n) is 3.87. The van der Waals surface area contributed by atoms with Gasteiger partial charge in [-0.15, -0.1) is 0 Å². The average molecular weight is 297 g/mol. The monoisotopic (exact) mass is 297 g/mol. The quantitative estimate of drug-likeness (QED) is 0.664. The van der Waals surface area contributed by atoms with Crippen molar-refractivity contribution in [3.05, 3.63) is 91.1 Å². The maximum Gasteiger partial charge on any atom is 0.394 e. The average Bonchev–Trinajstić information content (AvgIpc) is 3.14. The third kappa shape index (κ3) is 8.32. The van der Waals surface area contributed by atoms with Crippen LogP contribution in [0.1, 0.15) is 17.6 Å². The molecule has 114 valence electrons. The number of esters is 1. The molecule has 0 saturated heterocycles. The normalized spacial score (nSPS) is 8.59. The number of oxazole rings is 1. The van der Waals surface area contributed by atoms with Crippen LogP contribution in [0.3, 0.4) is 0 Å². The highest BCUT2D eigenvalue weighted by Gasteiger charge is 2.09. The second-order valence-corrected chi connectivity index (χ2v) is 3.87. The summed E-state index contributed by atoms with van der Waals surface area (Å²) in [6.45, 7) is 2.06. The highest BCUT2D eigenvalue weighted by atomic mass is 16.5. The lowest BCUT2D eigenvalue weighted by atomic mass is 10.4. The number of benzene rings is 2. The first-order valence-corrected chi connectivity index (χ1v) is 6.91. The Balaban J connectivity index is 0.000000174. The van der Waals surface area contributed by atoms with Gasteiger partial charge in [0.25, 0.3) is 0 Å². The third-order valence-corrected chi connectivity index (χ3v) is 2.22. The summed E-state index contributed by atoms with van der Waals surface area (Å²) in [5.41, 5.74) is 0. The molecule has 0 saturated carbocycles. The number of aromatic nitrogens is 1. The molecule has 0 aliphatic rings. The molecule has 0 fully saturated rings. The van der Waals surface area contributed by atoms with Crippen LogP contribution in [0.25, 0.3) is 0 Å². The number of hydrogen-bond donors (Lipinski definition) is 0. The lowest BCUT2D eigenvalue weighted by molar-refractivity contribution is 0.0481. The number of carbonyl (C=O) groups excluding carboxylic acids is 1. The van der Waals surface area contributed by atoms with E-state index in [1.165, 1.54) is 12.5 Å². The topological polar surface area (TPSA) is 52.3 Å². The third-order valence-electron chi connectivity index (χ3n) is 2.22. The standard InChI is InChI=1S/C6H7NO3.2C6H6/c1-2-9-6(8)5-7-3-4-10-5;2*1-2-4-6-5-3-1/h3-4H,2H2,1H3;2*1-6H. The lowest BCUT2D eigenvalue weighted by Crippen LogP contribution is -2.04. The van der Waals surface area contributed by atoms with Gasteiger partial charge in [-0.2, -0.15) is 0 Å². The molecule has 22 heavy (non-hydrogen) atoms. The predicted molar refractivity (Wildman–Crippen MR) is 85.3 cm³/mol. The van der Waals surface area contributed by atoms with E-state index in [-0.39, 0.29) is 5.89 Å². The molecule has 0 spiro atoms. The molecular formula is C18H19NO3. The first-order chi connectivity index (χ1) is 10.8. The van der Waals surface area contributed by atoms with Crippen LogP contribution in [0.4, 0.5) is 0 Å². The second kappa shape index (κ2) is 11.9. The minimum absolute atomic E-state index is 0.00171. The molecule has 1 heterocycles. The van der Waals surface area contributed by atoms with Crippen LogP contribution in [0.2, 0.25) is 0 Å². The number of rotatable bonds is 2. The summed E-state index contributed by atoms with van der Waals surface area (Å²) in [6.07, 6.45) is 2.72. The summed E-state index contributed by atoms with van der Waals surface area (Å²) in [4.78, 5) is 14.3. The SMILES string of the molecule is CCOC(=O)c1ncco1.c1ccccc1.c1ccccc1. The Morgan fingerprint density at radius 1 is 0.909 bits per heavy atom. The molecule has 1 aromatic heterocycles. The molecule has 0 bridgehead atoms. The van der Waals surface area contributed by atoms with Gasteiger partial charge in [0.1, 0.15) is 6.26 Å². The Labute approximate surface area is 130 Å². The van der Waals surface area contributed by atoms with Crippen molar-refractivity contribution in [1.82, 2.24) is 4.98 Å². The van der Waals surface area contributed by atoms with Gasteiger partial charge in [0, 0.05) is 0 Å². The molecule has 4 heteroatoms. The number of nitrogens with zero attached hydrogens (tertiary/aromatic N) is 1. The Hall–Kier alpha value is -2.88. The molecule has 0 aliphatic heterocycles. The van der Waals surface area contributed by atoms with E-state index in [9.17, 15) is 4.79 Å². The van der Waals surface area contributed by atoms with Gasteiger partial charge in [-0.3, -0.25) is 0 Å². The smallest absolute Gasteiger partial charge is 0.394 e. The Morgan fingerprint density at radius 3 is 1.59 bits per heavy atom. The number of carbonyl (C=O) groups is 1. The van der Waals surface area contributed by atoms with Crippen LogP contribution in [0.5, 0.6) is 0 Å². The molecule has 0 aliphatic carbocycles. The first-order valence-electron chi connectivity index (χ1n) is 6.91. The summed E-state index contributed by atoms with van der Waals surface area (Å²) in [6, 6.07) is 24.0. The van der Waals surface area contributed by atoms with Crippen LogP contribution in [0.15, 0.2) is 89.7 Å². The maximum atomic E-state index is 10.7. The molecule has 0 unspecified atom stereocenters. The van der Waals surface area contributed by atoms with E-state index in [2.05, 4.69) is 14.1 Å². The van der Waals surface area contributed by atoms with Gasteiger partial charge in [0.2, 0.25) is 0 Å². The molecule has 2 aromatic carbocycles. The van der Waals surface area contributed by atoms with Crippen LogP contribution < -0.4 is 0 Å². The largest absolute Gasteiger partial charge is 0.459 e. The van der Waals surface area contributed by atoms with E-state index in [1.807, 2.05) is 72.8 Å². The van der Waals surface area contributed by atoms with E-state index >= 15 is 0 Å². The van der Waals surface area contributed by atoms with Crippen LogP contribution in [0, 0.1) is 0 Å². The van der Waals surface area contributed by atoms with Crippen LogP contribution >= 0.6 is 0 Å². The highest BCUT2D eigenvalue weighted by molar-refractivity contribution is 5.83. The van der Waals surface area contributed by atoms with Gasteiger partial charge >= 0.3 is 11.9 Å². The highest BCUT2D eigenvalue weighted by Crippen LogP contribution is 1.96. The Kier molecular flexibility index (Phi) is 9.29. The predicted octanol–water partition coefficient (Wildman–Crippen LogP) is 4.22. The molecule has 0 amide bonds. The molecule has 0 atom stereocenters. The zero-order chi connectivity index (χ0) is 15.9. The van der Waals surface area contributed by atoms with Crippen molar-refractivity contribution >= 4 is 5.97 Å². The summed E-state index contributed by atoms with van der Waals surface area (Å²) in [5, 5.41) is 0. The summed E-state index contributed by atoms with van der Waals surface area (Å²) >= 11 is 0. The van der Waals surface area contributed by atoms with Crippen molar-refractivity contribution in [2.24, 2.45) is 0 Å². The van der Waals surface area contributed by atoms with Crippen molar-refractivity contribution in [3.63, 3.8) is 0 Å². The van der Waals surface area contributed by atoms with Gasteiger partial charge < -0.3 is 9.15 Å². The van der Waals surface area contributed by atoms with Crippen LogP contribution in [-0.4, -0.2) is 17.6 Å². The van der Waals surface area contributed by atoms with Gasteiger partial charge in [-0.05, 0) is 6.92 Å². The fourth-order valence-corrected chi connectivity index (χ4v) is 1.29. The van der Waals surface area contributed by atoms with Crippen molar-refractivity contribution in [3.8, 4) is 0 Å². The van der Waals surface area contributed by atoms with Crippen molar-refractivity contribution < 1.29 is 13.9 Å². The van der Waals surface area contributed by atoms with Gasteiger partial charge in [-0.25, -0.2) is 9.78 Å². The van der Waals surface area contributed by atoms with E-state index < -0.39 is 5.97 Å². The first kappa shape index (κ1) is 17.2. The molecule has 0 radical (unpaired) electrons. The van der Waals surface area contributed by atoms with Crippen molar-refractivity contribution in [2.45, 2.75) is 6.92 Å². The summed E-state index contributed by atoms with van der Waals surface area (Å²) in [7, 11) is 0. The summed E-state index contributed by atoms with van der Waals surface area (Å²) in [5.74, 6) is -0.519. The number of hydrogen-bond acceptors (Lipinski definition) is 4. The molecular weight excluding hydrogens is 278 g/mol. The van der Waals surface area contributed by atoms with E-state index in [0.29, 0.717) is 6.61 Å². The molecule has 3 aromatic rings. The van der Waals surface area contributed by atoms with E-state index in [4.69, 9.17) is 0 Å². The zero-order valence-corrected chi connectivity index (χ0v) is 12.5. The van der Waals surface area contributed by atoms with E-state index in [1.54, 1.807) is 6.92 Å². The molecule has 4 nitrogen and oxygen atoms in total. The van der Waals surface area contributed by atoms with Gasteiger partial charge in [0.15, 0.2) is 0 Å².